The third-order valence-electron chi connectivity index (χ3n) is 3.10. The van der Waals surface area contributed by atoms with Gasteiger partial charge in [-0.2, -0.15) is 0 Å². The van der Waals surface area contributed by atoms with Crippen molar-refractivity contribution in [2.75, 3.05) is 6.61 Å². The number of phenols is 1. The molecule has 0 spiro atoms. The van der Waals surface area contributed by atoms with Crippen molar-refractivity contribution in [3.8, 4) is 5.75 Å². The maximum Gasteiger partial charge on any atom is 0.305 e. The molecule has 0 aliphatic rings. The second-order valence-electron chi connectivity index (χ2n) is 4.63. The van der Waals surface area contributed by atoms with E-state index >= 15 is 0 Å². The molecule has 1 aromatic carbocycles. The highest BCUT2D eigenvalue weighted by atomic mass is 19.2. The topological polar surface area (TPSA) is 71.7 Å². The van der Waals surface area contributed by atoms with Gasteiger partial charge in [-0.1, -0.05) is 6.92 Å². The molecule has 108 valence electrons. The lowest BCUT2D eigenvalue weighted by molar-refractivity contribution is -0.171. The van der Waals surface area contributed by atoms with E-state index in [-0.39, 0.29) is 17.7 Å². The zero-order valence-electron chi connectivity index (χ0n) is 11.3. The summed E-state index contributed by atoms with van der Waals surface area (Å²) in [6.45, 7) is 0.819. The molecule has 0 aliphatic carbocycles. The summed E-state index contributed by atoms with van der Waals surface area (Å²) in [7, 11) is 1.67. The standard InChI is InChI=1S/C14H16FNO4/c1-3-13(18)20-8-14(15,19)11-7-16(2)12-6-9(17)4-5-10(11)12/h4-7,17,19H,3,8H2,1-2H3. The van der Waals surface area contributed by atoms with Gasteiger partial charge in [0.25, 0.3) is 5.85 Å². The summed E-state index contributed by atoms with van der Waals surface area (Å²) in [6.07, 6.45) is 1.52. The molecule has 0 fully saturated rings. The van der Waals surface area contributed by atoms with Crippen LogP contribution >= 0.6 is 0 Å². The molecule has 2 rings (SSSR count). The van der Waals surface area contributed by atoms with E-state index < -0.39 is 18.4 Å². The van der Waals surface area contributed by atoms with Crippen LogP contribution in [0, 0.1) is 0 Å². The minimum atomic E-state index is -2.78. The van der Waals surface area contributed by atoms with Gasteiger partial charge in [-0.3, -0.25) is 4.79 Å². The Labute approximate surface area is 115 Å². The first kappa shape index (κ1) is 14.3. The number of alkyl halides is 1. The number of carbonyl (C=O) groups is 1. The summed E-state index contributed by atoms with van der Waals surface area (Å²) >= 11 is 0. The number of nitrogens with zero attached hydrogens (tertiary/aromatic N) is 1. The van der Waals surface area contributed by atoms with Crippen molar-refractivity contribution in [2.24, 2.45) is 7.05 Å². The summed E-state index contributed by atoms with van der Waals surface area (Å²) in [4.78, 5) is 11.1. The molecule has 0 radical (unpaired) electrons. The number of aliphatic hydroxyl groups is 1. The number of hydrogen-bond acceptors (Lipinski definition) is 4. The summed E-state index contributed by atoms with van der Waals surface area (Å²) in [6, 6.07) is 4.37. The number of aromatic nitrogens is 1. The number of benzene rings is 1. The normalized spacial score (nSPS) is 14.2. The SMILES string of the molecule is CCC(=O)OCC(O)(F)c1cn(C)c2cc(O)ccc12. The zero-order chi connectivity index (χ0) is 14.9. The van der Waals surface area contributed by atoms with Gasteiger partial charge < -0.3 is 19.5 Å². The van der Waals surface area contributed by atoms with E-state index in [4.69, 9.17) is 0 Å². The first-order valence-corrected chi connectivity index (χ1v) is 6.20. The molecule has 2 aromatic rings. The highest BCUT2D eigenvalue weighted by molar-refractivity contribution is 5.86. The first-order valence-electron chi connectivity index (χ1n) is 6.20. The summed E-state index contributed by atoms with van der Waals surface area (Å²) in [5.41, 5.74) is 0.566. The lowest BCUT2D eigenvalue weighted by Crippen LogP contribution is -2.27. The average molecular weight is 281 g/mol. The van der Waals surface area contributed by atoms with E-state index in [2.05, 4.69) is 4.74 Å². The van der Waals surface area contributed by atoms with Crippen LogP contribution < -0.4 is 0 Å². The third kappa shape index (κ3) is 2.60. The van der Waals surface area contributed by atoms with Gasteiger partial charge >= 0.3 is 5.97 Å². The van der Waals surface area contributed by atoms with Crippen molar-refractivity contribution < 1.29 is 24.1 Å². The lowest BCUT2D eigenvalue weighted by Gasteiger charge is -2.18. The van der Waals surface area contributed by atoms with Gasteiger partial charge in [0, 0.05) is 36.7 Å². The molecule has 0 saturated heterocycles. The number of aromatic hydroxyl groups is 1. The molecular weight excluding hydrogens is 265 g/mol. The van der Waals surface area contributed by atoms with Crippen LogP contribution in [0.4, 0.5) is 4.39 Å². The highest BCUT2D eigenvalue weighted by Crippen LogP contribution is 2.33. The number of esters is 1. The molecule has 1 unspecified atom stereocenters. The lowest BCUT2D eigenvalue weighted by atomic mass is 10.1. The Balaban J connectivity index is 2.39. The van der Waals surface area contributed by atoms with Crippen LogP contribution in [0.1, 0.15) is 18.9 Å². The number of hydrogen-bond donors (Lipinski definition) is 2. The van der Waals surface area contributed by atoms with Crippen molar-refractivity contribution in [1.29, 1.82) is 0 Å². The smallest absolute Gasteiger partial charge is 0.305 e. The zero-order valence-corrected chi connectivity index (χ0v) is 11.3. The van der Waals surface area contributed by atoms with Gasteiger partial charge in [-0.05, 0) is 12.1 Å². The predicted molar refractivity (Wildman–Crippen MR) is 70.8 cm³/mol. The number of halogens is 1. The number of phenolic OH excluding ortho intramolecular Hbond substituents is 1. The molecule has 1 heterocycles. The van der Waals surface area contributed by atoms with E-state index in [1.54, 1.807) is 18.5 Å². The van der Waals surface area contributed by atoms with E-state index in [0.717, 1.165) is 0 Å². The van der Waals surface area contributed by atoms with Gasteiger partial charge in [0.1, 0.15) is 5.75 Å². The monoisotopic (exact) mass is 281 g/mol. The summed E-state index contributed by atoms with van der Waals surface area (Å²) in [5, 5.41) is 19.8. The highest BCUT2D eigenvalue weighted by Gasteiger charge is 2.34. The van der Waals surface area contributed by atoms with E-state index in [1.807, 2.05) is 0 Å². The van der Waals surface area contributed by atoms with Gasteiger partial charge in [0.15, 0.2) is 6.61 Å². The van der Waals surface area contributed by atoms with E-state index in [1.165, 1.54) is 24.4 Å². The number of aryl methyl sites for hydroxylation is 1. The molecule has 2 N–H and O–H groups in total. The minimum Gasteiger partial charge on any atom is -0.508 e. The van der Waals surface area contributed by atoms with Crippen molar-refractivity contribution >= 4 is 16.9 Å². The van der Waals surface area contributed by atoms with Gasteiger partial charge in [-0.15, -0.1) is 0 Å². The molecule has 5 nitrogen and oxygen atoms in total. The van der Waals surface area contributed by atoms with Crippen LogP contribution in [0.3, 0.4) is 0 Å². The van der Waals surface area contributed by atoms with Crippen LogP contribution in [0.15, 0.2) is 24.4 Å². The van der Waals surface area contributed by atoms with Gasteiger partial charge in [-0.25, -0.2) is 4.39 Å². The maximum atomic E-state index is 14.4. The van der Waals surface area contributed by atoms with Crippen LogP contribution in [-0.2, 0) is 22.4 Å². The fourth-order valence-electron chi connectivity index (χ4n) is 2.03. The quantitative estimate of drug-likeness (QED) is 0.840. The molecule has 20 heavy (non-hydrogen) atoms. The van der Waals surface area contributed by atoms with Gasteiger partial charge in [0.2, 0.25) is 0 Å². The average Bonchev–Trinajstić information content (AvgIpc) is 2.74. The fraction of sp³-hybridized carbons (Fsp3) is 0.357. The molecule has 0 amide bonds. The summed E-state index contributed by atoms with van der Waals surface area (Å²) < 4.78 is 20.6. The van der Waals surface area contributed by atoms with Crippen molar-refractivity contribution in [3.63, 3.8) is 0 Å². The number of rotatable bonds is 4. The molecule has 0 bridgehead atoms. The number of carbonyl (C=O) groups excluding carboxylic acids is 1. The number of fused-ring (bicyclic) bond motifs is 1. The number of ether oxygens (including phenoxy) is 1. The fourth-order valence-corrected chi connectivity index (χ4v) is 2.03. The second kappa shape index (κ2) is 5.13. The second-order valence-corrected chi connectivity index (χ2v) is 4.63. The third-order valence-corrected chi connectivity index (χ3v) is 3.10. The Morgan fingerprint density at radius 2 is 2.20 bits per heavy atom. The molecule has 1 atom stereocenters. The van der Waals surface area contributed by atoms with Gasteiger partial charge in [0.05, 0.1) is 5.52 Å². The van der Waals surface area contributed by atoms with Crippen LogP contribution in [0.25, 0.3) is 10.9 Å². The minimum absolute atomic E-state index is 0.00102. The predicted octanol–water partition coefficient (Wildman–Crippen LogP) is 1.95. The Morgan fingerprint density at radius 3 is 2.85 bits per heavy atom. The first-order chi connectivity index (χ1) is 9.35. The van der Waals surface area contributed by atoms with Crippen molar-refractivity contribution in [3.05, 3.63) is 30.0 Å². The van der Waals surface area contributed by atoms with E-state index in [0.29, 0.717) is 10.9 Å². The molecule has 0 saturated carbocycles. The molecular formula is C14H16FNO4. The Morgan fingerprint density at radius 1 is 1.50 bits per heavy atom. The van der Waals surface area contributed by atoms with Crippen molar-refractivity contribution in [2.45, 2.75) is 19.2 Å². The molecule has 0 aliphatic heterocycles. The van der Waals surface area contributed by atoms with Crippen LogP contribution in [0.2, 0.25) is 0 Å². The van der Waals surface area contributed by atoms with Crippen LogP contribution in [-0.4, -0.2) is 27.4 Å². The summed E-state index contributed by atoms with van der Waals surface area (Å²) in [5.74, 6) is -3.31. The maximum absolute atomic E-state index is 14.4. The molecule has 6 heteroatoms. The van der Waals surface area contributed by atoms with Crippen LogP contribution in [0.5, 0.6) is 5.75 Å². The van der Waals surface area contributed by atoms with Crippen molar-refractivity contribution in [1.82, 2.24) is 4.57 Å². The molecule has 1 aromatic heterocycles. The largest absolute Gasteiger partial charge is 0.508 e. The Hall–Kier alpha value is -2.08. The Bertz CT molecular complexity index is 648. The Kier molecular flexibility index (Phi) is 3.67. The van der Waals surface area contributed by atoms with E-state index in [9.17, 15) is 19.4 Å².